The summed E-state index contributed by atoms with van der Waals surface area (Å²) in [6, 6.07) is 13.5. The van der Waals surface area contributed by atoms with Gasteiger partial charge in [-0.05, 0) is 62.4 Å². The van der Waals surface area contributed by atoms with Gasteiger partial charge in [0.15, 0.2) is 6.61 Å². The Labute approximate surface area is 152 Å². The van der Waals surface area contributed by atoms with E-state index in [1.54, 1.807) is 48.5 Å². The Bertz CT molecular complexity index is 714. The molecule has 0 unspecified atom stereocenters. The first-order valence-corrected chi connectivity index (χ1v) is 8.30. The minimum Gasteiger partial charge on any atom is -0.494 e. The molecule has 0 aliphatic heterocycles. The molecule has 0 aliphatic rings. The van der Waals surface area contributed by atoms with Gasteiger partial charge in [-0.25, -0.2) is 0 Å². The van der Waals surface area contributed by atoms with Crippen molar-refractivity contribution in [2.24, 2.45) is 0 Å². The van der Waals surface area contributed by atoms with Gasteiger partial charge in [-0.15, -0.1) is 0 Å². The van der Waals surface area contributed by atoms with Gasteiger partial charge in [0, 0.05) is 5.56 Å². The number of carbonyl (C=O) groups is 2. The number of amides is 2. The van der Waals surface area contributed by atoms with Crippen molar-refractivity contribution in [1.82, 2.24) is 10.9 Å². The van der Waals surface area contributed by atoms with E-state index in [0.717, 1.165) is 5.75 Å². The molecule has 0 aromatic heterocycles. The molecule has 7 nitrogen and oxygen atoms in total. The lowest BCUT2D eigenvalue weighted by Gasteiger charge is -2.10. The van der Waals surface area contributed by atoms with Crippen LogP contribution in [-0.2, 0) is 4.79 Å². The van der Waals surface area contributed by atoms with Crippen molar-refractivity contribution in [2.75, 3.05) is 19.8 Å². The van der Waals surface area contributed by atoms with Crippen LogP contribution in [0.25, 0.3) is 0 Å². The molecule has 2 amide bonds. The van der Waals surface area contributed by atoms with E-state index in [-0.39, 0.29) is 6.61 Å². The number of hydrogen-bond acceptors (Lipinski definition) is 5. The molecule has 0 aliphatic carbocycles. The van der Waals surface area contributed by atoms with Crippen LogP contribution in [0.3, 0.4) is 0 Å². The van der Waals surface area contributed by atoms with Crippen LogP contribution in [-0.4, -0.2) is 31.6 Å². The van der Waals surface area contributed by atoms with Crippen LogP contribution < -0.4 is 25.1 Å². The third-order valence-electron chi connectivity index (χ3n) is 3.25. The lowest BCUT2D eigenvalue weighted by atomic mass is 10.2. The number of nitrogens with one attached hydrogen (secondary N) is 2. The van der Waals surface area contributed by atoms with Crippen molar-refractivity contribution in [3.05, 3.63) is 54.1 Å². The van der Waals surface area contributed by atoms with Crippen molar-refractivity contribution in [3.63, 3.8) is 0 Å². The van der Waals surface area contributed by atoms with Crippen molar-refractivity contribution in [3.8, 4) is 17.2 Å². The zero-order chi connectivity index (χ0) is 18.8. The molecule has 0 fully saturated rings. The van der Waals surface area contributed by atoms with Crippen LogP contribution in [0.15, 0.2) is 48.5 Å². The number of carbonyl (C=O) groups excluding carboxylic acids is 2. The topological polar surface area (TPSA) is 85.9 Å². The van der Waals surface area contributed by atoms with Crippen molar-refractivity contribution in [2.45, 2.75) is 13.8 Å². The fraction of sp³-hybridized carbons (Fsp3) is 0.263. The number of rotatable bonds is 8. The summed E-state index contributed by atoms with van der Waals surface area (Å²) in [7, 11) is 0. The lowest BCUT2D eigenvalue weighted by Crippen LogP contribution is -2.43. The van der Waals surface area contributed by atoms with Crippen molar-refractivity contribution in [1.29, 1.82) is 0 Å². The highest BCUT2D eigenvalue weighted by Gasteiger charge is 2.08. The first-order chi connectivity index (χ1) is 12.6. The zero-order valence-electron chi connectivity index (χ0n) is 14.8. The summed E-state index contributed by atoms with van der Waals surface area (Å²) in [4.78, 5) is 23.7. The molecular weight excluding hydrogens is 336 g/mol. The van der Waals surface area contributed by atoms with Crippen LogP contribution in [0.2, 0.25) is 0 Å². The highest BCUT2D eigenvalue weighted by molar-refractivity contribution is 5.95. The molecule has 0 radical (unpaired) electrons. The SMILES string of the molecule is CCOc1ccc(OCC(=O)NNC(=O)c2ccc(OCC)cc2)cc1. The monoisotopic (exact) mass is 358 g/mol. The molecule has 26 heavy (non-hydrogen) atoms. The van der Waals surface area contributed by atoms with E-state index >= 15 is 0 Å². The molecule has 0 bridgehead atoms. The van der Waals surface area contributed by atoms with Gasteiger partial charge in [-0.1, -0.05) is 0 Å². The van der Waals surface area contributed by atoms with Crippen molar-refractivity contribution >= 4 is 11.8 Å². The molecule has 2 N–H and O–H groups in total. The van der Waals surface area contributed by atoms with Gasteiger partial charge in [0.25, 0.3) is 11.8 Å². The number of benzene rings is 2. The minimum absolute atomic E-state index is 0.225. The van der Waals surface area contributed by atoms with E-state index in [1.807, 2.05) is 13.8 Å². The van der Waals surface area contributed by atoms with E-state index < -0.39 is 11.8 Å². The molecule has 2 rings (SSSR count). The van der Waals surface area contributed by atoms with E-state index in [4.69, 9.17) is 14.2 Å². The lowest BCUT2D eigenvalue weighted by molar-refractivity contribution is -0.123. The summed E-state index contributed by atoms with van der Waals surface area (Å²) in [5.74, 6) is 1.03. The third kappa shape index (κ3) is 6.01. The molecule has 2 aromatic rings. The van der Waals surface area contributed by atoms with Crippen LogP contribution in [0.5, 0.6) is 17.2 Å². The van der Waals surface area contributed by atoms with Gasteiger partial charge < -0.3 is 14.2 Å². The number of hydrogen-bond donors (Lipinski definition) is 2. The van der Waals surface area contributed by atoms with Crippen LogP contribution in [0.4, 0.5) is 0 Å². The average molecular weight is 358 g/mol. The predicted octanol–water partition coefficient (Wildman–Crippen LogP) is 2.32. The van der Waals surface area contributed by atoms with Gasteiger partial charge in [0.05, 0.1) is 13.2 Å². The summed E-state index contributed by atoms with van der Waals surface area (Å²) in [5, 5.41) is 0. The summed E-state index contributed by atoms with van der Waals surface area (Å²) in [5.41, 5.74) is 5.04. The maximum Gasteiger partial charge on any atom is 0.276 e. The van der Waals surface area contributed by atoms with Crippen LogP contribution >= 0.6 is 0 Å². The van der Waals surface area contributed by atoms with Crippen LogP contribution in [0, 0.1) is 0 Å². The first kappa shape index (κ1) is 19.1. The van der Waals surface area contributed by atoms with Crippen molar-refractivity contribution < 1.29 is 23.8 Å². The molecule has 0 heterocycles. The highest BCUT2D eigenvalue weighted by Crippen LogP contribution is 2.17. The Kier molecular flexibility index (Phi) is 7.30. The number of hydrazine groups is 1. The average Bonchev–Trinajstić information content (AvgIpc) is 2.66. The molecule has 2 aromatic carbocycles. The van der Waals surface area contributed by atoms with E-state index in [1.165, 1.54) is 0 Å². The summed E-state index contributed by atoms with van der Waals surface area (Å²) < 4.78 is 16.0. The fourth-order valence-electron chi connectivity index (χ4n) is 2.05. The first-order valence-electron chi connectivity index (χ1n) is 8.30. The summed E-state index contributed by atoms with van der Waals surface area (Å²) in [6.07, 6.45) is 0. The van der Waals surface area contributed by atoms with E-state index in [2.05, 4.69) is 10.9 Å². The third-order valence-corrected chi connectivity index (χ3v) is 3.25. The molecule has 0 saturated carbocycles. The quantitative estimate of drug-likeness (QED) is 0.708. The standard InChI is InChI=1S/C19H22N2O5/c1-3-24-15-7-5-14(6-8-15)19(23)21-20-18(22)13-26-17-11-9-16(10-12-17)25-4-2/h5-12H,3-4,13H2,1-2H3,(H,20,22)(H,21,23). The smallest absolute Gasteiger partial charge is 0.276 e. The second kappa shape index (κ2) is 9.93. The summed E-state index contributed by atoms with van der Waals surface area (Å²) in [6.45, 7) is 4.69. The zero-order valence-corrected chi connectivity index (χ0v) is 14.8. The highest BCUT2D eigenvalue weighted by atomic mass is 16.5. The van der Waals surface area contributed by atoms with Gasteiger partial charge in [-0.2, -0.15) is 0 Å². The van der Waals surface area contributed by atoms with Gasteiger partial charge in [0.1, 0.15) is 17.2 Å². The number of ether oxygens (including phenoxy) is 3. The Balaban J connectivity index is 1.74. The fourth-order valence-corrected chi connectivity index (χ4v) is 2.05. The molecule has 0 spiro atoms. The Morgan fingerprint density at radius 1 is 0.731 bits per heavy atom. The minimum atomic E-state index is -0.474. The Morgan fingerprint density at radius 3 is 1.69 bits per heavy atom. The summed E-state index contributed by atoms with van der Waals surface area (Å²) >= 11 is 0. The second-order valence-electron chi connectivity index (χ2n) is 5.15. The van der Waals surface area contributed by atoms with Gasteiger partial charge in [-0.3, -0.25) is 20.4 Å². The Morgan fingerprint density at radius 2 is 1.19 bits per heavy atom. The molecule has 0 saturated heterocycles. The molecule has 0 atom stereocenters. The van der Waals surface area contributed by atoms with Crippen LogP contribution in [0.1, 0.15) is 24.2 Å². The largest absolute Gasteiger partial charge is 0.494 e. The normalized spacial score (nSPS) is 9.92. The maximum atomic E-state index is 12.0. The maximum absolute atomic E-state index is 12.0. The molecular formula is C19H22N2O5. The van der Waals surface area contributed by atoms with Gasteiger partial charge in [0.2, 0.25) is 0 Å². The van der Waals surface area contributed by atoms with Gasteiger partial charge >= 0.3 is 0 Å². The predicted molar refractivity (Wildman–Crippen MR) is 96.3 cm³/mol. The second-order valence-corrected chi connectivity index (χ2v) is 5.15. The molecule has 7 heteroatoms. The molecule has 138 valence electrons. The van der Waals surface area contributed by atoms with E-state index in [0.29, 0.717) is 30.3 Å². The van der Waals surface area contributed by atoms with E-state index in [9.17, 15) is 9.59 Å². The Hall–Kier alpha value is -3.22.